The molecule has 13 nitrogen and oxygen atoms in total. The van der Waals surface area contributed by atoms with Crippen LogP contribution in [0.3, 0.4) is 0 Å². The number of carbonyl (C=O) groups is 4. The highest BCUT2D eigenvalue weighted by Crippen LogP contribution is 2.19. The lowest BCUT2D eigenvalue weighted by molar-refractivity contribution is -0.138. The van der Waals surface area contributed by atoms with Gasteiger partial charge < -0.3 is 29.7 Å². The predicted molar refractivity (Wildman–Crippen MR) is 156 cm³/mol. The number of morpholine rings is 1. The number of piperazine rings is 1. The van der Waals surface area contributed by atoms with Crippen molar-refractivity contribution in [2.24, 2.45) is 0 Å². The molecule has 3 amide bonds. The second-order valence-corrected chi connectivity index (χ2v) is 10.9. The molecule has 13 heteroatoms. The van der Waals surface area contributed by atoms with Crippen molar-refractivity contribution in [3.8, 4) is 11.4 Å². The van der Waals surface area contributed by atoms with Crippen LogP contribution in [0.2, 0.25) is 0 Å². The highest BCUT2D eigenvalue weighted by Gasteiger charge is 2.31. The van der Waals surface area contributed by atoms with Crippen LogP contribution < -0.4 is 5.32 Å². The molecule has 0 saturated carbocycles. The Morgan fingerprint density at radius 2 is 1.67 bits per heavy atom. The van der Waals surface area contributed by atoms with Crippen LogP contribution >= 0.6 is 0 Å². The summed E-state index contributed by atoms with van der Waals surface area (Å²) >= 11 is 0. The number of carboxylic acids is 1. The zero-order valence-corrected chi connectivity index (χ0v) is 24.9. The van der Waals surface area contributed by atoms with Crippen molar-refractivity contribution < 1.29 is 33.8 Å². The van der Waals surface area contributed by atoms with Crippen molar-refractivity contribution in [1.29, 1.82) is 0 Å². The maximum absolute atomic E-state index is 13.6. The third kappa shape index (κ3) is 8.94. The summed E-state index contributed by atoms with van der Waals surface area (Å²) in [6.45, 7) is 8.95. The molecule has 3 atom stereocenters. The highest BCUT2D eigenvalue weighted by atomic mass is 16.6. The smallest absolute Gasteiger partial charge is 0.409 e. The Kier molecular flexibility index (Phi) is 11.0. The Morgan fingerprint density at radius 3 is 2.30 bits per heavy atom. The first-order valence-corrected chi connectivity index (χ1v) is 14.7. The number of amides is 3. The molecule has 0 aliphatic carbocycles. The van der Waals surface area contributed by atoms with E-state index in [4.69, 9.17) is 14.5 Å². The topological polar surface area (TPSA) is 154 Å². The normalized spacial score (nSPS) is 19.9. The van der Waals surface area contributed by atoms with Crippen molar-refractivity contribution in [2.75, 3.05) is 45.9 Å². The summed E-state index contributed by atoms with van der Waals surface area (Å²) in [5.74, 6) is -1.71. The van der Waals surface area contributed by atoms with E-state index in [1.807, 2.05) is 44.2 Å². The Morgan fingerprint density at radius 1 is 1.02 bits per heavy atom. The van der Waals surface area contributed by atoms with Crippen molar-refractivity contribution >= 4 is 23.9 Å². The summed E-state index contributed by atoms with van der Waals surface area (Å²) < 4.78 is 10.9. The highest BCUT2D eigenvalue weighted by molar-refractivity contribution is 5.96. The van der Waals surface area contributed by atoms with Crippen LogP contribution in [-0.2, 0) is 25.6 Å². The summed E-state index contributed by atoms with van der Waals surface area (Å²) in [5, 5.41) is 12.1. The van der Waals surface area contributed by atoms with Crippen LogP contribution in [0, 0.1) is 0 Å². The quantitative estimate of drug-likeness (QED) is 0.416. The SMILES string of the molecule is CCOC(=O)N1CCN(C(=O)[C@H](CCC(=O)O)NC(=O)c2cc(CN3CC(C)OC(C)C3)nc(-c3ccccc3)n2)CC1. The molecule has 4 rings (SSSR count). The van der Waals surface area contributed by atoms with Gasteiger partial charge in [-0.3, -0.25) is 19.3 Å². The molecule has 2 aliphatic rings. The summed E-state index contributed by atoms with van der Waals surface area (Å²) in [6.07, 6.45) is -0.730. The fourth-order valence-corrected chi connectivity index (χ4v) is 5.36. The predicted octanol–water partition coefficient (Wildman–Crippen LogP) is 2.02. The Balaban J connectivity index is 1.54. The van der Waals surface area contributed by atoms with Crippen molar-refractivity contribution in [1.82, 2.24) is 30.0 Å². The number of nitrogens with one attached hydrogen (secondary N) is 1. The van der Waals surface area contributed by atoms with E-state index in [2.05, 4.69) is 15.2 Å². The second kappa shape index (κ2) is 14.9. The standard InChI is InChI=1S/C30H40N6O7/c1-4-42-30(41)36-14-12-35(13-15-36)29(40)24(10-11-26(37)38)33-28(39)25-16-23(19-34-17-20(2)43-21(3)18-34)31-27(32-25)22-8-6-5-7-9-22/h5-9,16,20-21,24H,4,10-15,17-19H2,1-3H3,(H,33,39)(H,37,38)/t20?,21?,24-/m0/s1. The van der Waals surface area contributed by atoms with Crippen LogP contribution in [0.4, 0.5) is 4.79 Å². The van der Waals surface area contributed by atoms with E-state index in [0.29, 0.717) is 31.2 Å². The number of benzene rings is 1. The molecule has 2 unspecified atom stereocenters. The third-order valence-corrected chi connectivity index (χ3v) is 7.29. The van der Waals surface area contributed by atoms with Crippen LogP contribution in [0.5, 0.6) is 0 Å². The molecule has 43 heavy (non-hydrogen) atoms. The van der Waals surface area contributed by atoms with Gasteiger partial charge in [-0.1, -0.05) is 30.3 Å². The second-order valence-electron chi connectivity index (χ2n) is 10.9. The van der Waals surface area contributed by atoms with Crippen LogP contribution in [-0.4, -0.2) is 118 Å². The van der Waals surface area contributed by atoms with Crippen LogP contribution in [0.25, 0.3) is 11.4 Å². The molecule has 2 aromatic rings. The fourth-order valence-electron chi connectivity index (χ4n) is 5.36. The summed E-state index contributed by atoms with van der Waals surface area (Å²) in [5.41, 5.74) is 1.46. The summed E-state index contributed by atoms with van der Waals surface area (Å²) in [7, 11) is 0. The molecule has 0 spiro atoms. The van der Waals surface area contributed by atoms with E-state index in [-0.39, 0.29) is 63.5 Å². The Labute approximate surface area is 251 Å². The van der Waals surface area contributed by atoms with E-state index < -0.39 is 29.9 Å². The molecule has 0 radical (unpaired) electrons. The van der Waals surface area contributed by atoms with Crippen LogP contribution in [0.15, 0.2) is 36.4 Å². The maximum Gasteiger partial charge on any atom is 0.409 e. The lowest BCUT2D eigenvalue weighted by Crippen LogP contribution is -2.56. The number of hydrogen-bond acceptors (Lipinski definition) is 9. The number of carboxylic acid groups (broad SMARTS) is 1. The molecule has 1 aromatic carbocycles. The first-order valence-electron chi connectivity index (χ1n) is 14.7. The fraction of sp³-hybridized carbons (Fsp3) is 0.533. The monoisotopic (exact) mass is 596 g/mol. The van der Waals surface area contributed by atoms with E-state index in [9.17, 15) is 24.3 Å². The van der Waals surface area contributed by atoms with Gasteiger partial charge in [0.1, 0.15) is 11.7 Å². The lowest BCUT2D eigenvalue weighted by atomic mass is 10.1. The molecule has 2 saturated heterocycles. The average molecular weight is 597 g/mol. The van der Waals surface area contributed by atoms with E-state index in [1.54, 1.807) is 13.0 Å². The number of aromatic nitrogens is 2. The zero-order chi connectivity index (χ0) is 30.9. The molecular formula is C30H40N6O7. The van der Waals surface area contributed by atoms with Gasteiger partial charge in [0.2, 0.25) is 5.91 Å². The minimum Gasteiger partial charge on any atom is -0.481 e. The van der Waals surface area contributed by atoms with E-state index in [1.165, 1.54) is 9.80 Å². The lowest BCUT2D eigenvalue weighted by Gasteiger charge is -2.36. The number of aliphatic carboxylic acids is 1. The maximum atomic E-state index is 13.6. The first kappa shape index (κ1) is 31.8. The molecule has 2 N–H and O–H groups in total. The van der Waals surface area contributed by atoms with Gasteiger partial charge in [0.15, 0.2) is 5.82 Å². The third-order valence-electron chi connectivity index (χ3n) is 7.29. The minimum absolute atomic E-state index is 0.0575. The summed E-state index contributed by atoms with van der Waals surface area (Å²) in [6, 6.07) is 9.84. The van der Waals surface area contributed by atoms with Gasteiger partial charge in [-0.05, 0) is 33.3 Å². The molecule has 1 aromatic heterocycles. The van der Waals surface area contributed by atoms with Gasteiger partial charge >= 0.3 is 12.1 Å². The molecule has 2 aliphatic heterocycles. The number of carbonyl (C=O) groups excluding carboxylic acids is 3. The van der Waals surface area contributed by atoms with Gasteiger partial charge in [-0.2, -0.15) is 0 Å². The minimum atomic E-state index is -1.09. The molecule has 0 bridgehead atoms. The molecule has 2 fully saturated rings. The van der Waals surface area contributed by atoms with Crippen LogP contribution in [0.1, 0.15) is 49.8 Å². The number of nitrogens with zero attached hydrogens (tertiary/aromatic N) is 5. The van der Waals surface area contributed by atoms with Gasteiger partial charge in [0.25, 0.3) is 5.91 Å². The Bertz CT molecular complexity index is 1280. The van der Waals surface area contributed by atoms with Crippen molar-refractivity contribution in [3.63, 3.8) is 0 Å². The van der Waals surface area contributed by atoms with E-state index in [0.717, 1.165) is 5.56 Å². The Hall–Kier alpha value is -4.10. The van der Waals surface area contributed by atoms with Gasteiger partial charge in [0, 0.05) is 57.8 Å². The van der Waals surface area contributed by atoms with E-state index >= 15 is 0 Å². The largest absolute Gasteiger partial charge is 0.481 e. The average Bonchev–Trinajstić information content (AvgIpc) is 2.98. The van der Waals surface area contributed by atoms with Gasteiger partial charge in [-0.25, -0.2) is 14.8 Å². The number of hydrogen-bond donors (Lipinski definition) is 2. The number of ether oxygens (including phenoxy) is 2. The summed E-state index contributed by atoms with van der Waals surface area (Å²) in [4.78, 5) is 65.1. The molecule has 3 heterocycles. The number of rotatable bonds is 10. The van der Waals surface area contributed by atoms with Crippen molar-refractivity contribution in [2.45, 2.75) is 58.4 Å². The van der Waals surface area contributed by atoms with Crippen molar-refractivity contribution in [3.05, 3.63) is 47.8 Å². The first-order chi connectivity index (χ1) is 20.6. The molecule has 232 valence electrons. The zero-order valence-electron chi connectivity index (χ0n) is 24.9. The molecular weight excluding hydrogens is 556 g/mol. The van der Waals surface area contributed by atoms with Gasteiger partial charge in [-0.15, -0.1) is 0 Å². The van der Waals surface area contributed by atoms with Gasteiger partial charge in [0.05, 0.1) is 24.5 Å².